The smallest absolute Gasteiger partial charge is 0.128 e. The van der Waals surface area contributed by atoms with E-state index in [0.29, 0.717) is 16.3 Å². The summed E-state index contributed by atoms with van der Waals surface area (Å²) in [5.41, 5.74) is 7.14. The first-order chi connectivity index (χ1) is 9.10. The Labute approximate surface area is 117 Å². The number of hydrogen-bond acceptors (Lipinski definition) is 2. The first-order valence-electron chi connectivity index (χ1n) is 6.01. The predicted octanol–water partition coefficient (Wildman–Crippen LogP) is 3.98. The molecule has 0 saturated carbocycles. The summed E-state index contributed by atoms with van der Waals surface area (Å²) in [5.74, 6) is 1.35. The third-order valence-corrected chi connectivity index (χ3v) is 3.09. The Bertz CT molecular complexity index is 611. The van der Waals surface area contributed by atoms with Gasteiger partial charge in [0, 0.05) is 11.6 Å². The largest absolute Gasteiger partial charge is 0.457 e. The molecule has 0 aromatic heterocycles. The molecule has 2 aromatic rings. The van der Waals surface area contributed by atoms with Gasteiger partial charge in [-0.2, -0.15) is 0 Å². The van der Waals surface area contributed by atoms with Gasteiger partial charge in [0.05, 0.1) is 5.02 Å². The highest BCUT2D eigenvalue weighted by atomic mass is 35.5. The van der Waals surface area contributed by atoms with Gasteiger partial charge in [-0.25, -0.2) is 0 Å². The quantitative estimate of drug-likeness (QED) is 0.654. The van der Waals surface area contributed by atoms with E-state index in [-0.39, 0.29) is 5.84 Å². The van der Waals surface area contributed by atoms with E-state index in [4.69, 9.17) is 27.5 Å². The minimum absolute atomic E-state index is 0.0514. The molecular formula is C15H15ClN2O. The monoisotopic (exact) mass is 274 g/mol. The van der Waals surface area contributed by atoms with E-state index >= 15 is 0 Å². The molecule has 0 aliphatic rings. The second-order valence-electron chi connectivity index (χ2n) is 4.16. The van der Waals surface area contributed by atoms with Crippen LogP contribution in [0.2, 0.25) is 5.02 Å². The van der Waals surface area contributed by atoms with Gasteiger partial charge in [0.15, 0.2) is 0 Å². The van der Waals surface area contributed by atoms with Crippen molar-refractivity contribution in [3.05, 3.63) is 58.6 Å². The van der Waals surface area contributed by atoms with Crippen molar-refractivity contribution in [2.24, 2.45) is 5.73 Å². The Hall–Kier alpha value is -2.00. The van der Waals surface area contributed by atoms with E-state index in [2.05, 4.69) is 13.0 Å². The summed E-state index contributed by atoms with van der Waals surface area (Å²) in [4.78, 5) is 0. The Balaban J connectivity index is 2.23. The van der Waals surface area contributed by atoms with Crippen LogP contribution in [-0.2, 0) is 6.42 Å². The maximum absolute atomic E-state index is 7.37. The first kappa shape index (κ1) is 13.4. The molecule has 0 aliphatic heterocycles. The number of nitrogens with two attached hydrogens (primary N) is 1. The van der Waals surface area contributed by atoms with Gasteiger partial charge in [-0.05, 0) is 36.2 Å². The number of amidine groups is 1. The lowest BCUT2D eigenvalue weighted by atomic mass is 10.1. The normalized spacial score (nSPS) is 10.2. The Morgan fingerprint density at radius 3 is 2.58 bits per heavy atom. The number of halogens is 1. The summed E-state index contributed by atoms with van der Waals surface area (Å²) in [6.07, 6.45) is 0.960. The Kier molecular flexibility index (Phi) is 4.07. The molecule has 0 amide bonds. The molecule has 0 aliphatic carbocycles. The van der Waals surface area contributed by atoms with E-state index < -0.39 is 0 Å². The first-order valence-corrected chi connectivity index (χ1v) is 6.38. The van der Waals surface area contributed by atoms with Gasteiger partial charge in [-0.15, -0.1) is 0 Å². The zero-order valence-corrected chi connectivity index (χ0v) is 11.4. The molecule has 3 N–H and O–H groups in total. The molecule has 0 fully saturated rings. The fourth-order valence-corrected chi connectivity index (χ4v) is 2.02. The summed E-state index contributed by atoms with van der Waals surface area (Å²) < 4.78 is 5.74. The second kappa shape index (κ2) is 5.76. The summed E-state index contributed by atoms with van der Waals surface area (Å²) >= 11 is 6.05. The molecule has 0 heterocycles. The topological polar surface area (TPSA) is 59.1 Å². The number of benzene rings is 2. The highest BCUT2D eigenvalue weighted by Gasteiger charge is 2.06. The van der Waals surface area contributed by atoms with Crippen LogP contribution in [0.5, 0.6) is 11.5 Å². The van der Waals surface area contributed by atoms with Crippen molar-refractivity contribution >= 4 is 17.4 Å². The van der Waals surface area contributed by atoms with E-state index in [1.807, 2.05) is 18.2 Å². The molecule has 2 rings (SSSR count). The summed E-state index contributed by atoms with van der Waals surface area (Å²) in [7, 11) is 0. The van der Waals surface area contributed by atoms with Crippen molar-refractivity contribution in [3.63, 3.8) is 0 Å². The van der Waals surface area contributed by atoms with E-state index in [1.165, 1.54) is 5.56 Å². The van der Waals surface area contributed by atoms with Crippen LogP contribution < -0.4 is 10.5 Å². The molecule has 0 spiro atoms. The maximum Gasteiger partial charge on any atom is 0.128 e. The van der Waals surface area contributed by atoms with Crippen LogP contribution in [-0.4, -0.2) is 5.84 Å². The SMILES string of the molecule is CCc1cccc(Oc2ccc(C(=N)N)c(Cl)c2)c1. The molecule has 0 radical (unpaired) electrons. The fraction of sp³-hybridized carbons (Fsp3) is 0.133. The molecule has 19 heavy (non-hydrogen) atoms. The molecule has 0 atom stereocenters. The lowest BCUT2D eigenvalue weighted by Crippen LogP contribution is -2.11. The highest BCUT2D eigenvalue weighted by molar-refractivity contribution is 6.34. The van der Waals surface area contributed by atoms with E-state index in [9.17, 15) is 0 Å². The van der Waals surface area contributed by atoms with Crippen molar-refractivity contribution in [3.8, 4) is 11.5 Å². The third kappa shape index (κ3) is 3.26. The van der Waals surface area contributed by atoms with Crippen LogP contribution in [0.3, 0.4) is 0 Å². The molecule has 0 unspecified atom stereocenters. The van der Waals surface area contributed by atoms with Crippen LogP contribution in [0.15, 0.2) is 42.5 Å². The number of hydrogen-bond donors (Lipinski definition) is 2. The van der Waals surface area contributed by atoms with Gasteiger partial charge in [0.1, 0.15) is 17.3 Å². The van der Waals surface area contributed by atoms with Crippen LogP contribution in [0, 0.1) is 5.41 Å². The van der Waals surface area contributed by atoms with Gasteiger partial charge < -0.3 is 10.5 Å². The van der Waals surface area contributed by atoms with Crippen LogP contribution in [0.25, 0.3) is 0 Å². The van der Waals surface area contributed by atoms with Gasteiger partial charge in [-0.3, -0.25) is 5.41 Å². The van der Waals surface area contributed by atoms with E-state index in [1.54, 1.807) is 18.2 Å². The molecule has 4 heteroatoms. The number of nitrogens with one attached hydrogen (secondary N) is 1. The zero-order valence-electron chi connectivity index (χ0n) is 10.6. The second-order valence-corrected chi connectivity index (χ2v) is 4.57. The summed E-state index contributed by atoms with van der Waals surface area (Å²) in [6.45, 7) is 2.09. The van der Waals surface area contributed by atoms with Gasteiger partial charge >= 0.3 is 0 Å². The maximum atomic E-state index is 7.37. The van der Waals surface area contributed by atoms with Gasteiger partial charge in [0.2, 0.25) is 0 Å². The Morgan fingerprint density at radius 1 is 1.21 bits per heavy atom. The molecule has 3 nitrogen and oxygen atoms in total. The Morgan fingerprint density at radius 2 is 1.95 bits per heavy atom. The molecule has 98 valence electrons. The van der Waals surface area contributed by atoms with Crippen LogP contribution in [0.4, 0.5) is 0 Å². The van der Waals surface area contributed by atoms with Crippen molar-refractivity contribution in [2.45, 2.75) is 13.3 Å². The zero-order chi connectivity index (χ0) is 13.8. The number of rotatable bonds is 4. The number of nitrogen functional groups attached to an aromatic ring is 1. The van der Waals surface area contributed by atoms with Crippen molar-refractivity contribution < 1.29 is 4.74 Å². The lowest BCUT2D eigenvalue weighted by Gasteiger charge is -2.09. The average molecular weight is 275 g/mol. The predicted molar refractivity (Wildman–Crippen MR) is 78.4 cm³/mol. The minimum Gasteiger partial charge on any atom is -0.457 e. The summed E-state index contributed by atoms with van der Waals surface area (Å²) in [5, 5.41) is 7.79. The van der Waals surface area contributed by atoms with Crippen molar-refractivity contribution in [1.29, 1.82) is 5.41 Å². The summed E-state index contributed by atoms with van der Waals surface area (Å²) in [6, 6.07) is 13.0. The molecular weight excluding hydrogens is 260 g/mol. The molecule has 0 bridgehead atoms. The molecule has 2 aromatic carbocycles. The van der Waals surface area contributed by atoms with Crippen LogP contribution in [0.1, 0.15) is 18.1 Å². The van der Waals surface area contributed by atoms with Gasteiger partial charge in [-0.1, -0.05) is 30.7 Å². The van der Waals surface area contributed by atoms with Crippen molar-refractivity contribution in [2.75, 3.05) is 0 Å². The van der Waals surface area contributed by atoms with Crippen LogP contribution >= 0.6 is 11.6 Å². The third-order valence-electron chi connectivity index (χ3n) is 2.77. The molecule has 0 saturated heterocycles. The fourth-order valence-electron chi connectivity index (χ4n) is 1.74. The van der Waals surface area contributed by atoms with E-state index in [0.717, 1.165) is 12.2 Å². The average Bonchev–Trinajstić information content (AvgIpc) is 2.38. The number of aryl methyl sites for hydroxylation is 1. The standard InChI is InChI=1S/C15H15ClN2O/c1-2-10-4-3-5-11(8-10)19-12-6-7-13(15(17)18)14(16)9-12/h3-9H,2H2,1H3,(H3,17,18). The number of ether oxygens (including phenoxy) is 1. The highest BCUT2D eigenvalue weighted by Crippen LogP contribution is 2.27. The minimum atomic E-state index is -0.0514. The lowest BCUT2D eigenvalue weighted by molar-refractivity contribution is 0.482. The van der Waals surface area contributed by atoms with Gasteiger partial charge in [0.25, 0.3) is 0 Å². The van der Waals surface area contributed by atoms with Crippen molar-refractivity contribution in [1.82, 2.24) is 0 Å².